The molecule has 0 bridgehead atoms. The van der Waals surface area contributed by atoms with E-state index in [0.717, 1.165) is 34.8 Å². The molecule has 2 rings (SSSR count). The quantitative estimate of drug-likeness (QED) is 0.910. The van der Waals surface area contributed by atoms with Crippen LogP contribution < -0.4 is 5.73 Å². The lowest BCUT2D eigenvalue weighted by Crippen LogP contribution is -2.32. The third-order valence-corrected chi connectivity index (χ3v) is 2.97. The monoisotopic (exact) mass is 251 g/mol. The molecule has 0 spiro atoms. The SMILES string of the molecule is CCCn1c(C(C)(C)N)nc2ccc(Cl)cc21. The summed E-state index contributed by atoms with van der Waals surface area (Å²) in [6.45, 7) is 7.00. The van der Waals surface area contributed by atoms with Gasteiger partial charge in [-0.1, -0.05) is 18.5 Å². The Bertz CT molecular complexity index is 537. The van der Waals surface area contributed by atoms with Crippen LogP contribution in [0.3, 0.4) is 0 Å². The number of hydrogen-bond acceptors (Lipinski definition) is 2. The fourth-order valence-electron chi connectivity index (χ4n) is 2.04. The molecule has 1 aromatic carbocycles. The van der Waals surface area contributed by atoms with Crippen LogP contribution in [0.25, 0.3) is 11.0 Å². The van der Waals surface area contributed by atoms with Crippen molar-refractivity contribution in [3.63, 3.8) is 0 Å². The van der Waals surface area contributed by atoms with E-state index in [4.69, 9.17) is 17.3 Å². The number of benzene rings is 1. The lowest BCUT2D eigenvalue weighted by Gasteiger charge is -2.19. The maximum Gasteiger partial charge on any atom is 0.129 e. The van der Waals surface area contributed by atoms with Gasteiger partial charge in [0.2, 0.25) is 0 Å². The lowest BCUT2D eigenvalue weighted by atomic mass is 10.1. The number of halogens is 1. The molecule has 0 aliphatic carbocycles. The number of imidazole rings is 1. The number of rotatable bonds is 3. The van der Waals surface area contributed by atoms with E-state index in [0.29, 0.717) is 0 Å². The highest BCUT2D eigenvalue weighted by atomic mass is 35.5. The van der Waals surface area contributed by atoms with Crippen molar-refractivity contribution in [2.24, 2.45) is 5.73 Å². The van der Waals surface area contributed by atoms with Gasteiger partial charge in [0, 0.05) is 11.6 Å². The average molecular weight is 252 g/mol. The highest BCUT2D eigenvalue weighted by Crippen LogP contribution is 2.25. The first kappa shape index (κ1) is 12.4. The van der Waals surface area contributed by atoms with Gasteiger partial charge >= 0.3 is 0 Å². The zero-order valence-corrected chi connectivity index (χ0v) is 11.3. The maximum absolute atomic E-state index is 6.17. The van der Waals surface area contributed by atoms with Gasteiger partial charge in [0.1, 0.15) is 5.82 Å². The Morgan fingerprint density at radius 1 is 1.41 bits per heavy atom. The third-order valence-electron chi connectivity index (χ3n) is 2.73. The summed E-state index contributed by atoms with van der Waals surface area (Å²) in [5.74, 6) is 0.914. The third kappa shape index (κ3) is 2.31. The predicted octanol–water partition coefficient (Wildman–Crippen LogP) is 3.29. The van der Waals surface area contributed by atoms with Crippen molar-refractivity contribution in [2.45, 2.75) is 39.3 Å². The molecular weight excluding hydrogens is 234 g/mol. The minimum Gasteiger partial charge on any atom is -0.326 e. The van der Waals surface area contributed by atoms with E-state index in [1.165, 1.54) is 0 Å². The van der Waals surface area contributed by atoms with Crippen LogP contribution in [0.15, 0.2) is 18.2 Å². The lowest BCUT2D eigenvalue weighted by molar-refractivity contribution is 0.477. The van der Waals surface area contributed by atoms with Crippen molar-refractivity contribution in [1.82, 2.24) is 9.55 Å². The molecule has 3 nitrogen and oxygen atoms in total. The Morgan fingerprint density at radius 2 is 2.12 bits per heavy atom. The topological polar surface area (TPSA) is 43.8 Å². The normalized spacial score (nSPS) is 12.3. The van der Waals surface area contributed by atoms with Gasteiger partial charge in [-0.2, -0.15) is 0 Å². The molecule has 0 aliphatic heterocycles. The standard InChI is InChI=1S/C13H18ClN3/c1-4-7-17-11-8-9(14)5-6-10(11)16-12(17)13(2,3)15/h5-6,8H,4,7,15H2,1-3H3. The van der Waals surface area contributed by atoms with Crippen molar-refractivity contribution in [3.05, 3.63) is 29.0 Å². The number of aromatic nitrogens is 2. The molecule has 0 saturated carbocycles. The number of fused-ring (bicyclic) bond motifs is 1. The molecular formula is C13H18ClN3. The first-order valence-corrected chi connectivity index (χ1v) is 6.26. The highest BCUT2D eigenvalue weighted by molar-refractivity contribution is 6.31. The summed E-state index contributed by atoms with van der Waals surface area (Å²) in [6.07, 6.45) is 1.04. The second kappa shape index (κ2) is 4.31. The van der Waals surface area contributed by atoms with Crippen molar-refractivity contribution in [1.29, 1.82) is 0 Å². The minimum atomic E-state index is -0.444. The average Bonchev–Trinajstić information content (AvgIpc) is 2.57. The maximum atomic E-state index is 6.17. The highest BCUT2D eigenvalue weighted by Gasteiger charge is 2.22. The fraction of sp³-hybridized carbons (Fsp3) is 0.462. The first-order valence-electron chi connectivity index (χ1n) is 5.88. The first-order chi connectivity index (χ1) is 7.93. The van der Waals surface area contributed by atoms with Crippen LogP contribution in [0.4, 0.5) is 0 Å². The van der Waals surface area contributed by atoms with E-state index >= 15 is 0 Å². The molecule has 4 heteroatoms. The van der Waals surface area contributed by atoms with Crippen molar-refractivity contribution < 1.29 is 0 Å². The van der Waals surface area contributed by atoms with Gasteiger partial charge in [-0.25, -0.2) is 4.98 Å². The number of hydrogen-bond donors (Lipinski definition) is 1. The van der Waals surface area contributed by atoms with Crippen molar-refractivity contribution in [2.75, 3.05) is 0 Å². The second-order valence-corrected chi connectivity index (χ2v) is 5.38. The van der Waals surface area contributed by atoms with Crippen LogP contribution in [0.5, 0.6) is 0 Å². The molecule has 0 saturated heterocycles. The van der Waals surface area contributed by atoms with Crippen LogP contribution >= 0.6 is 11.6 Å². The van der Waals surface area contributed by atoms with E-state index in [1.807, 2.05) is 32.0 Å². The molecule has 2 N–H and O–H groups in total. The Morgan fingerprint density at radius 3 is 2.71 bits per heavy atom. The fourth-order valence-corrected chi connectivity index (χ4v) is 2.20. The number of aryl methyl sites for hydroxylation is 1. The van der Waals surface area contributed by atoms with E-state index in [1.54, 1.807) is 0 Å². The zero-order chi connectivity index (χ0) is 12.6. The second-order valence-electron chi connectivity index (χ2n) is 4.94. The van der Waals surface area contributed by atoms with E-state index in [2.05, 4.69) is 16.5 Å². The van der Waals surface area contributed by atoms with E-state index in [9.17, 15) is 0 Å². The summed E-state index contributed by atoms with van der Waals surface area (Å²) in [5.41, 5.74) is 7.75. The molecule has 92 valence electrons. The van der Waals surface area contributed by atoms with Crippen LogP contribution in [-0.4, -0.2) is 9.55 Å². The van der Waals surface area contributed by atoms with Gasteiger partial charge in [0.15, 0.2) is 0 Å². The molecule has 0 fully saturated rings. The van der Waals surface area contributed by atoms with Gasteiger partial charge in [-0.05, 0) is 38.5 Å². The van der Waals surface area contributed by atoms with Gasteiger partial charge in [-0.15, -0.1) is 0 Å². The molecule has 2 aromatic rings. The summed E-state index contributed by atoms with van der Waals surface area (Å²) in [4.78, 5) is 4.62. The van der Waals surface area contributed by atoms with Gasteiger partial charge < -0.3 is 10.3 Å². The van der Waals surface area contributed by atoms with Crippen LogP contribution in [-0.2, 0) is 12.1 Å². The summed E-state index contributed by atoms with van der Waals surface area (Å²) >= 11 is 6.04. The van der Waals surface area contributed by atoms with Crippen molar-refractivity contribution in [3.8, 4) is 0 Å². The summed E-state index contributed by atoms with van der Waals surface area (Å²) in [6, 6.07) is 5.76. The number of nitrogens with two attached hydrogens (primary N) is 1. The van der Waals surface area contributed by atoms with Crippen molar-refractivity contribution >= 4 is 22.6 Å². The summed E-state index contributed by atoms with van der Waals surface area (Å²) in [7, 11) is 0. The van der Waals surface area contributed by atoms with Gasteiger partial charge in [0.25, 0.3) is 0 Å². The molecule has 17 heavy (non-hydrogen) atoms. The minimum absolute atomic E-state index is 0.444. The largest absolute Gasteiger partial charge is 0.326 e. The Labute approximate surface area is 107 Å². The van der Waals surface area contributed by atoms with E-state index in [-0.39, 0.29) is 0 Å². The summed E-state index contributed by atoms with van der Waals surface area (Å²) < 4.78 is 2.17. The molecule has 0 atom stereocenters. The van der Waals surface area contributed by atoms with Crippen LogP contribution in [0, 0.1) is 0 Å². The Hall–Kier alpha value is -1.06. The molecule has 0 radical (unpaired) electrons. The Balaban J connectivity index is 2.71. The molecule has 0 amide bonds. The van der Waals surface area contributed by atoms with Crippen LogP contribution in [0.1, 0.15) is 33.0 Å². The van der Waals surface area contributed by atoms with Crippen LogP contribution in [0.2, 0.25) is 5.02 Å². The molecule has 1 heterocycles. The number of nitrogens with zero attached hydrogens (tertiary/aromatic N) is 2. The molecule has 0 unspecified atom stereocenters. The summed E-state index contributed by atoms with van der Waals surface area (Å²) in [5, 5.41) is 0.733. The smallest absolute Gasteiger partial charge is 0.129 e. The van der Waals surface area contributed by atoms with Gasteiger partial charge in [-0.3, -0.25) is 0 Å². The molecule has 1 aromatic heterocycles. The zero-order valence-electron chi connectivity index (χ0n) is 10.5. The predicted molar refractivity (Wildman–Crippen MR) is 72.2 cm³/mol. The molecule has 0 aliphatic rings. The van der Waals surface area contributed by atoms with Gasteiger partial charge in [0.05, 0.1) is 16.6 Å². The van der Waals surface area contributed by atoms with E-state index < -0.39 is 5.54 Å². The Kier molecular flexibility index (Phi) is 3.15.